The highest BCUT2D eigenvalue weighted by molar-refractivity contribution is 8.00. The summed E-state index contributed by atoms with van der Waals surface area (Å²) in [7, 11) is 0. The Bertz CT molecular complexity index is 765. The molecule has 0 N–H and O–H groups in total. The second kappa shape index (κ2) is 8.00. The molecule has 3 aromatic carbocycles. The van der Waals surface area contributed by atoms with Crippen LogP contribution in [-0.4, -0.2) is 6.26 Å². The van der Waals surface area contributed by atoms with E-state index in [1.54, 1.807) is 11.8 Å². The predicted octanol–water partition coefficient (Wildman–Crippen LogP) is 7.02. The molecule has 0 atom stereocenters. The number of benzene rings is 3. The van der Waals surface area contributed by atoms with E-state index in [2.05, 4.69) is 86.0 Å². The van der Waals surface area contributed by atoms with Crippen molar-refractivity contribution >= 4 is 35.3 Å². The number of aryl methyl sites for hydroxylation is 1. The molecule has 0 aromatic heterocycles. The van der Waals surface area contributed by atoms with Crippen molar-refractivity contribution in [2.75, 3.05) is 6.26 Å². The molecule has 0 aliphatic rings. The van der Waals surface area contributed by atoms with E-state index in [-0.39, 0.29) is 0 Å². The Morgan fingerprint density at radius 2 is 1.09 bits per heavy atom. The summed E-state index contributed by atoms with van der Waals surface area (Å²) < 4.78 is 0. The highest BCUT2D eigenvalue weighted by Crippen LogP contribution is 2.36. The van der Waals surface area contributed by atoms with E-state index in [1.807, 2.05) is 23.5 Å². The first kappa shape index (κ1) is 16.6. The Labute approximate surface area is 151 Å². The molecule has 3 heteroatoms. The molecular formula is C20H18S3. The second-order valence-electron chi connectivity index (χ2n) is 5.17. The van der Waals surface area contributed by atoms with Crippen LogP contribution in [-0.2, 0) is 0 Å². The Morgan fingerprint density at radius 3 is 1.65 bits per heavy atom. The van der Waals surface area contributed by atoms with Gasteiger partial charge in [0, 0.05) is 24.5 Å². The Kier molecular flexibility index (Phi) is 5.76. The van der Waals surface area contributed by atoms with Gasteiger partial charge in [0.05, 0.1) is 0 Å². The average Bonchev–Trinajstić information content (AvgIpc) is 2.57. The molecule has 116 valence electrons. The van der Waals surface area contributed by atoms with Gasteiger partial charge in [-0.3, -0.25) is 0 Å². The first-order valence-corrected chi connectivity index (χ1v) is 10.3. The minimum Gasteiger partial charge on any atom is -0.130 e. The molecule has 0 saturated heterocycles. The highest BCUT2D eigenvalue weighted by Gasteiger charge is 2.05. The molecular weight excluding hydrogens is 336 g/mol. The van der Waals surface area contributed by atoms with Gasteiger partial charge in [0.25, 0.3) is 0 Å². The van der Waals surface area contributed by atoms with Gasteiger partial charge in [0.15, 0.2) is 0 Å². The van der Waals surface area contributed by atoms with Crippen LogP contribution in [0.15, 0.2) is 97.3 Å². The maximum Gasteiger partial charge on any atom is 0.0144 e. The summed E-state index contributed by atoms with van der Waals surface area (Å²) in [5.41, 5.74) is 1.30. The van der Waals surface area contributed by atoms with Crippen molar-refractivity contribution in [2.24, 2.45) is 0 Å². The fourth-order valence-electron chi connectivity index (χ4n) is 2.15. The lowest BCUT2D eigenvalue weighted by Crippen LogP contribution is -1.80. The van der Waals surface area contributed by atoms with E-state index >= 15 is 0 Å². The van der Waals surface area contributed by atoms with Crippen LogP contribution < -0.4 is 0 Å². The van der Waals surface area contributed by atoms with Crippen LogP contribution in [0.2, 0.25) is 0 Å². The third-order valence-corrected chi connectivity index (χ3v) is 5.99. The van der Waals surface area contributed by atoms with Crippen molar-refractivity contribution in [1.82, 2.24) is 0 Å². The zero-order valence-electron chi connectivity index (χ0n) is 13.2. The van der Waals surface area contributed by atoms with E-state index < -0.39 is 0 Å². The largest absolute Gasteiger partial charge is 0.130 e. The zero-order valence-corrected chi connectivity index (χ0v) is 15.6. The zero-order chi connectivity index (χ0) is 16.1. The Morgan fingerprint density at radius 1 is 0.565 bits per heavy atom. The number of rotatable bonds is 5. The summed E-state index contributed by atoms with van der Waals surface area (Å²) >= 11 is 5.44. The van der Waals surface area contributed by atoms with Crippen LogP contribution in [0.5, 0.6) is 0 Å². The molecule has 0 radical (unpaired) electrons. The normalized spacial score (nSPS) is 10.7. The molecule has 0 saturated carbocycles. The second-order valence-corrected chi connectivity index (χ2v) is 8.35. The maximum atomic E-state index is 2.28. The molecule has 0 unspecified atom stereocenters. The summed E-state index contributed by atoms with van der Waals surface area (Å²) in [6.45, 7) is 2.12. The first-order valence-electron chi connectivity index (χ1n) is 7.39. The van der Waals surface area contributed by atoms with Gasteiger partial charge in [0.1, 0.15) is 0 Å². The molecule has 0 spiro atoms. The van der Waals surface area contributed by atoms with Crippen molar-refractivity contribution in [3.8, 4) is 0 Å². The fraction of sp³-hybridized carbons (Fsp3) is 0.100. The van der Waals surface area contributed by atoms with Crippen LogP contribution in [0.1, 0.15) is 5.56 Å². The van der Waals surface area contributed by atoms with Gasteiger partial charge in [0.2, 0.25) is 0 Å². The van der Waals surface area contributed by atoms with Crippen LogP contribution in [0.4, 0.5) is 0 Å². The standard InChI is InChI=1S/C20H18S3/c1-15-8-10-17(11-9-15)23-20-13-18(21-2)12-19(14-20)22-16-6-4-3-5-7-16/h3-14H,1-2H3. The van der Waals surface area contributed by atoms with E-state index in [1.165, 1.54) is 30.0 Å². The molecule has 3 aromatic rings. The monoisotopic (exact) mass is 354 g/mol. The summed E-state index contributed by atoms with van der Waals surface area (Å²) in [4.78, 5) is 6.44. The van der Waals surface area contributed by atoms with Gasteiger partial charge < -0.3 is 0 Å². The van der Waals surface area contributed by atoms with Gasteiger partial charge in [-0.2, -0.15) is 0 Å². The molecule has 0 aliphatic heterocycles. The quantitative estimate of drug-likeness (QED) is 0.452. The van der Waals surface area contributed by atoms with Crippen LogP contribution in [0, 0.1) is 6.92 Å². The molecule has 0 fully saturated rings. The minimum absolute atomic E-state index is 1.28. The van der Waals surface area contributed by atoms with Crippen LogP contribution in [0.25, 0.3) is 0 Å². The average molecular weight is 355 g/mol. The lowest BCUT2D eigenvalue weighted by molar-refractivity contribution is 1.22. The molecule has 0 amide bonds. The van der Waals surface area contributed by atoms with Crippen LogP contribution in [0.3, 0.4) is 0 Å². The molecule has 0 heterocycles. The maximum absolute atomic E-state index is 2.28. The molecule has 3 rings (SSSR count). The van der Waals surface area contributed by atoms with Crippen molar-refractivity contribution in [1.29, 1.82) is 0 Å². The van der Waals surface area contributed by atoms with Crippen molar-refractivity contribution in [2.45, 2.75) is 31.4 Å². The van der Waals surface area contributed by atoms with Gasteiger partial charge in [-0.25, -0.2) is 0 Å². The van der Waals surface area contributed by atoms with Crippen molar-refractivity contribution < 1.29 is 0 Å². The number of thioether (sulfide) groups is 1. The Hall–Kier alpha value is -1.29. The first-order chi connectivity index (χ1) is 11.2. The van der Waals surface area contributed by atoms with Gasteiger partial charge >= 0.3 is 0 Å². The van der Waals surface area contributed by atoms with E-state index in [0.717, 1.165) is 0 Å². The molecule has 0 nitrogen and oxygen atoms in total. The molecule has 23 heavy (non-hydrogen) atoms. The summed E-state index contributed by atoms with van der Waals surface area (Å²) in [6, 6.07) is 26.1. The molecule has 0 bridgehead atoms. The van der Waals surface area contributed by atoms with Crippen LogP contribution >= 0.6 is 35.3 Å². The SMILES string of the molecule is CSc1cc(Sc2ccccc2)cc(Sc2ccc(C)cc2)c1. The summed E-state index contributed by atoms with van der Waals surface area (Å²) in [5, 5.41) is 0. The highest BCUT2D eigenvalue weighted by atomic mass is 32.2. The molecule has 0 aliphatic carbocycles. The van der Waals surface area contributed by atoms with Gasteiger partial charge in [-0.1, -0.05) is 59.4 Å². The predicted molar refractivity (Wildman–Crippen MR) is 104 cm³/mol. The van der Waals surface area contributed by atoms with E-state index in [4.69, 9.17) is 0 Å². The van der Waals surface area contributed by atoms with Gasteiger partial charge in [-0.15, -0.1) is 11.8 Å². The van der Waals surface area contributed by atoms with E-state index in [0.29, 0.717) is 0 Å². The number of hydrogen-bond donors (Lipinski definition) is 0. The lowest BCUT2D eigenvalue weighted by atomic mass is 10.2. The summed E-state index contributed by atoms with van der Waals surface area (Å²) in [5.74, 6) is 0. The van der Waals surface area contributed by atoms with Gasteiger partial charge in [-0.05, 0) is 55.6 Å². The topological polar surface area (TPSA) is 0 Å². The Balaban J connectivity index is 1.85. The third-order valence-electron chi connectivity index (χ3n) is 3.32. The third kappa shape index (κ3) is 4.84. The lowest BCUT2D eigenvalue weighted by Gasteiger charge is -2.09. The minimum atomic E-state index is 1.28. The summed E-state index contributed by atoms with van der Waals surface area (Å²) in [6.07, 6.45) is 2.13. The smallest absolute Gasteiger partial charge is 0.0144 e. The fourth-order valence-corrected chi connectivity index (χ4v) is 4.72. The van der Waals surface area contributed by atoms with Crippen molar-refractivity contribution in [3.63, 3.8) is 0 Å². The number of hydrogen-bond acceptors (Lipinski definition) is 3. The van der Waals surface area contributed by atoms with E-state index in [9.17, 15) is 0 Å². The van der Waals surface area contributed by atoms with Crippen molar-refractivity contribution in [3.05, 3.63) is 78.4 Å².